The molecule has 1 amide bonds. The van der Waals surface area contributed by atoms with Crippen LogP contribution >= 0.6 is 11.3 Å². The predicted octanol–water partition coefficient (Wildman–Crippen LogP) is 2.90. The Balaban J connectivity index is 1.74. The van der Waals surface area contributed by atoms with E-state index in [0.717, 1.165) is 24.8 Å². The molecule has 0 aliphatic rings. The van der Waals surface area contributed by atoms with Crippen LogP contribution in [0.2, 0.25) is 0 Å². The smallest absolute Gasteiger partial charge is 0.271 e. The zero-order chi connectivity index (χ0) is 17.6. The number of hydrogen-bond donors (Lipinski definition) is 1. The number of nitrogens with one attached hydrogen (secondary N) is 1. The summed E-state index contributed by atoms with van der Waals surface area (Å²) in [6, 6.07) is 5.52. The van der Waals surface area contributed by atoms with Crippen LogP contribution in [0.4, 0.5) is 0 Å². The highest BCUT2D eigenvalue weighted by Crippen LogP contribution is 2.18. The standard InChI is InChI=1S/C18H20N4O2S/c1-2-3-6-14(13-5-4-8-19-10-13)21-16(23)11-22-12-20-15-7-9-25-17(15)18(22)24/h4-5,7-10,12,14H,2-3,6,11H2,1H3,(H,21,23)/t14-/m1/s1. The Morgan fingerprint density at radius 2 is 2.28 bits per heavy atom. The fourth-order valence-electron chi connectivity index (χ4n) is 2.70. The first-order valence-electron chi connectivity index (χ1n) is 8.31. The summed E-state index contributed by atoms with van der Waals surface area (Å²) in [6.07, 6.45) is 7.80. The van der Waals surface area contributed by atoms with Gasteiger partial charge in [0.25, 0.3) is 5.56 Å². The normalized spacial score (nSPS) is 12.2. The minimum Gasteiger partial charge on any atom is -0.348 e. The van der Waals surface area contributed by atoms with Crippen molar-refractivity contribution in [2.24, 2.45) is 0 Å². The molecule has 25 heavy (non-hydrogen) atoms. The van der Waals surface area contributed by atoms with Crippen molar-refractivity contribution in [2.45, 2.75) is 38.8 Å². The molecule has 6 nitrogen and oxygen atoms in total. The molecular formula is C18H20N4O2S. The molecule has 130 valence electrons. The van der Waals surface area contributed by atoms with Gasteiger partial charge in [0.1, 0.15) is 11.2 Å². The third-order valence-corrected chi connectivity index (χ3v) is 4.91. The first kappa shape index (κ1) is 17.3. The van der Waals surface area contributed by atoms with E-state index in [-0.39, 0.29) is 24.1 Å². The van der Waals surface area contributed by atoms with Gasteiger partial charge in [-0.1, -0.05) is 25.8 Å². The van der Waals surface area contributed by atoms with E-state index in [2.05, 4.69) is 22.2 Å². The van der Waals surface area contributed by atoms with E-state index in [1.165, 1.54) is 22.2 Å². The number of hydrogen-bond acceptors (Lipinski definition) is 5. The molecule has 7 heteroatoms. The minimum atomic E-state index is -0.204. The predicted molar refractivity (Wildman–Crippen MR) is 98.5 cm³/mol. The molecule has 0 radical (unpaired) electrons. The quantitative estimate of drug-likeness (QED) is 0.706. The summed E-state index contributed by atoms with van der Waals surface area (Å²) in [6.45, 7) is 2.08. The Bertz CT molecular complexity index is 904. The molecule has 0 unspecified atom stereocenters. The average molecular weight is 356 g/mol. The van der Waals surface area contributed by atoms with Gasteiger partial charge in [0, 0.05) is 12.4 Å². The average Bonchev–Trinajstić information content (AvgIpc) is 3.11. The Hall–Kier alpha value is -2.54. The summed E-state index contributed by atoms with van der Waals surface area (Å²) in [7, 11) is 0. The molecule has 3 heterocycles. The van der Waals surface area contributed by atoms with E-state index in [1.807, 2.05) is 17.5 Å². The molecule has 0 aliphatic carbocycles. The minimum absolute atomic E-state index is 0.0391. The Morgan fingerprint density at radius 3 is 3.04 bits per heavy atom. The maximum absolute atomic E-state index is 12.5. The van der Waals surface area contributed by atoms with Crippen molar-refractivity contribution in [2.75, 3.05) is 0 Å². The van der Waals surface area contributed by atoms with Gasteiger partial charge in [0.05, 0.1) is 17.9 Å². The van der Waals surface area contributed by atoms with Crippen LogP contribution in [0, 0.1) is 0 Å². The lowest BCUT2D eigenvalue weighted by Crippen LogP contribution is -2.34. The fourth-order valence-corrected chi connectivity index (χ4v) is 3.49. The second-order valence-corrected chi connectivity index (χ2v) is 6.78. The number of unbranched alkanes of at least 4 members (excludes halogenated alkanes) is 1. The van der Waals surface area contributed by atoms with E-state index in [9.17, 15) is 9.59 Å². The Labute approximate surface area is 149 Å². The van der Waals surface area contributed by atoms with Crippen LogP contribution in [0.25, 0.3) is 10.2 Å². The first-order chi connectivity index (χ1) is 12.2. The van der Waals surface area contributed by atoms with Crippen molar-refractivity contribution in [1.82, 2.24) is 19.9 Å². The van der Waals surface area contributed by atoms with E-state index in [0.29, 0.717) is 10.2 Å². The third kappa shape index (κ3) is 4.11. The highest BCUT2D eigenvalue weighted by Gasteiger charge is 2.16. The largest absolute Gasteiger partial charge is 0.348 e. The van der Waals surface area contributed by atoms with E-state index in [1.54, 1.807) is 18.5 Å². The fraction of sp³-hybridized carbons (Fsp3) is 0.333. The van der Waals surface area contributed by atoms with Crippen molar-refractivity contribution in [1.29, 1.82) is 0 Å². The maximum Gasteiger partial charge on any atom is 0.271 e. The van der Waals surface area contributed by atoms with Crippen LogP contribution in [-0.2, 0) is 11.3 Å². The number of thiophene rings is 1. The molecular weight excluding hydrogens is 336 g/mol. The molecule has 3 aromatic rings. The van der Waals surface area contributed by atoms with Gasteiger partial charge in [-0.05, 0) is 29.5 Å². The molecule has 0 fully saturated rings. The summed E-state index contributed by atoms with van der Waals surface area (Å²) in [5.74, 6) is -0.204. The van der Waals surface area contributed by atoms with Crippen LogP contribution in [0.5, 0.6) is 0 Å². The Kier molecular flexibility index (Phi) is 5.55. The van der Waals surface area contributed by atoms with Gasteiger partial charge in [-0.2, -0.15) is 0 Å². The van der Waals surface area contributed by atoms with E-state index in [4.69, 9.17) is 0 Å². The van der Waals surface area contributed by atoms with Crippen molar-refractivity contribution in [3.63, 3.8) is 0 Å². The topological polar surface area (TPSA) is 76.9 Å². The first-order valence-corrected chi connectivity index (χ1v) is 9.19. The number of fused-ring (bicyclic) bond motifs is 1. The molecule has 0 bridgehead atoms. The molecule has 0 aliphatic heterocycles. The number of carbonyl (C=O) groups is 1. The number of aromatic nitrogens is 3. The number of nitrogens with zero attached hydrogens (tertiary/aromatic N) is 3. The van der Waals surface area contributed by atoms with Crippen LogP contribution in [0.15, 0.2) is 47.1 Å². The molecule has 0 aromatic carbocycles. The lowest BCUT2D eigenvalue weighted by atomic mass is 10.0. The summed E-state index contributed by atoms with van der Waals surface area (Å²) in [5, 5.41) is 4.85. The SMILES string of the molecule is CCCC[C@@H](NC(=O)Cn1cnc2ccsc2c1=O)c1cccnc1. The molecule has 0 saturated heterocycles. The highest BCUT2D eigenvalue weighted by molar-refractivity contribution is 7.17. The van der Waals surface area contributed by atoms with Crippen LogP contribution < -0.4 is 10.9 Å². The Morgan fingerprint density at radius 1 is 1.40 bits per heavy atom. The van der Waals surface area contributed by atoms with E-state index < -0.39 is 0 Å². The molecule has 1 atom stereocenters. The summed E-state index contributed by atoms with van der Waals surface area (Å²) in [4.78, 5) is 33.2. The third-order valence-electron chi connectivity index (χ3n) is 4.02. The molecule has 0 saturated carbocycles. The zero-order valence-corrected chi connectivity index (χ0v) is 14.8. The second-order valence-electron chi connectivity index (χ2n) is 5.86. The van der Waals surface area contributed by atoms with Gasteiger partial charge in [-0.15, -0.1) is 11.3 Å². The van der Waals surface area contributed by atoms with Crippen molar-refractivity contribution < 1.29 is 4.79 Å². The van der Waals surface area contributed by atoms with Gasteiger partial charge < -0.3 is 5.32 Å². The van der Waals surface area contributed by atoms with Gasteiger partial charge in [-0.3, -0.25) is 19.1 Å². The van der Waals surface area contributed by atoms with Gasteiger partial charge in [0.2, 0.25) is 5.91 Å². The number of rotatable bonds is 7. The zero-order valence-electron chi connectivity index (χ0n) is 14.0. The van der Waals surface area contributed by atoms with Crippen molar-refractivity contribution >= 4 is 27.5 Å². The molecule has 1 N–H and O–H groups in total. The molecule has 3 aromatic heterocycles. The molecule has 0 spiro atoms. The van der Waals surface area contributed by atoms with E-state index >= 15 is 0 Å². The van der Waals surface area contributed by atoms with Crippen LogP contribution in [-0.4, -0.2) is 20.4 Å². The summed E-state index contributed by atoms with van der Waals surface area (Å²) in [5.41, 5.74) is 1.47. The number of pyridine rings is 1. The van der Waals surface area contributed by atoms with Gasteiger partial charge >= 0.3 is 0 Å². The number of carbonyl (C=O) groups excluding carboxylic acids is 1. The summed E-state index contributed by atoms with van der Waals surface area (Å²) >= 11 is 1.34. The van der Waals surface area contributed by atoms with Gasteiger partial charge in [-0.25, -0.2) is 4.98 Å². The lowest BCUT2D eigenvalue weighted by molar-refractivity contribution is -0.122. The van der Waals surface area contributed by atoms with Crippen LogP contribution in [0.1, 0.15) is 37.8 Å². The summed E-state index contributed by atoms with van der Waals surface area (Å²) < 4.78 is 1.93. The second kappa shape index (κ2) is 8.02. The molecule has 3 rings (SSSR count). The van der Waals surface area contributed by atoms with Gasteiger partial charge in [0.15, 0.2) is 0 Å². The monoisotopic (exact) mass is 356 g/mol. The highest BCUT2D eigenvalue weighted by atomic mass is 32.1. The van der Waals surface area contributed by atoms with Crippen molar-refractivity contribution in [3.05, 3.63) is 58.2 Å². The lowest BCUT2D eigenvalue weighted by Gasteiger charge is -2.19. The maximum atomic E-state index is 12.5. The number of amides is 1. The van der Waals surface area contributed by atoms with Crippen molar-refractivity contribution in [3.8, 4) is 0 Å². The van der Waals surface area contributed by atoms with Crippen LogP contribution in [0.3, 0.4) is 0 Å².